The Morgan fingerprint density at radius 2 is 2.10 bits per heavy atom. The van der Waals surface area contributed by atoms with E-state index in [-0.39, 0.29) is 12.3 Å². The lowest BCUT2D eigenvalue weighted by Gasteiger charge is -2.03. The summed E-state index contributed by atoms with van der Waals surface area (Å²) >= 11 is 7.26. The zero-order chi connectivity index (χ0) is 15.2. The number of carboxylic acids is 1. The van der Waals surface area contributed by atoms with Crippen LogP contribution in [0.5, 0.6) is 0 Å². The van der Waals surface area contributed by atoms with Crippen LogP contribution in [0.15, 0.2) is 29.6 Å². The maximum Gasteiger partial charge on any atom is 0.303 e. The summed E-state index contributed by atoms with van der Waals surface area (Å²) in [5.41, 5.74) is 1.16. The Labute approximate surface area is 130 Å². The molecule has 0 aliphatic rings. The molecule has 0 aliphatic carbocycles. The molecule has 0 saturated carbocycles. The van der Waals surface area contributed by atoms with Crippen LogP contribution in [0.25, 0.3) is 0 Å². The molecule has 0 radical (unpaired) electrons. The average Bonchev–Trinajstić information content (AvgIpc) is 2.86. The van der Waals surface area contributed by atoms with Gasteiger partial charge in [0.15, 0.2) is 5.13 Å². The van der Waals surface area contributed by atoms with Crippen molar-refractivity contribution < 1.29 is 14.7 Å². The van der Waals surface area contributed by atoms with Crippen LogP contribution in [-0.4, -0.2) is 22.0 Å². The summed E-state index contributed by atoms with van der Waals surface area (Å²) in [5.74, 6) is -1.13. The van der Waals surface area contributed by atoms with Gasteiger partial charge in [-0.05, 0) is 25.0 Å². The molecule has 0 saturated heterocycles. The molecule has 1 aromatic heterocycles. The first-order valence-corrected chi connectivity index (χ1v) is 7.54. The first-order chi connectivity index (χ1) is 10.1. The van der Waals surface area contributed by atoms with Gasteiger partial charge in [-0.15, -0.1) is 11.3 Å². The number of aryl methyl sites for hydroxylation is 1. The topological polar surface area (TPSA) is 79.3 Å². The van der Waals surface area contributed by atoms with Crippen LogP contribution in [0.2, 0.25) is 5.02 Å². The van der Waals surface area contributed by atoms with E-state index in [2.05, 4.69) is 10.3 Å². The molecule has 0 aliphatic heterocycles. The first-order valence-electron chi connectivity index (χ1n) is 6.28. The molecule has 1 amide bonds. The standard InChI is InChI=1S/C14H13ClN2O3S/c15-11-6-2-1-5-10(11)13(20)17-14-16-9(8-21-14)4-3-7-12(18)19/h1-2,5-6,8H,3-4,7H2,(H,18,19)(H,16,17,20). The summed E-state index contributed by atoms with van der Waals surface area (Å²) in [6, 6.07) is 6.78. The third-order valence-corrected chi connectivity index (χ3v) is 3.85. The van der Waals surface area contributed by atoms with E-state index in [1.54, 1.807) is 24.3 Å². The van der Waals surface area contributed by atoms with Crippen LogP contribution in [0.4, 0.5) is 5.13 Å². The number of hydrogen-bond acceptors (Lipinski definition) is 4. The molecule has 0 bridgehead atoms. The van der Waals surface area contributed by atoms with E-state index < -0.39 is 5.97 Å². The van der Waals surface area contributed by atoms with E-state index in [1.165, 1.54) is 11.3 Å². The Morgan fingerprint density at radius 3 is 2.81 bits per heavy atom. The second kappa shape index (κ2) is 7.19. The normalized spacial score (nSPS) is 10.3. The van der Waals surface area contributed by atoms with Crippen LogP contribution >= 0.6 is 22.9 Å². The van der Waals surface area contributed by atoms with Gasteiger partial charge >= 0.3 is 5.97 Å². The number of anilines is 1. The van der Waals surface area contributed by atoms with Crippen molar-refractivity contribution in [3.63, 3.8) is 0 Å². The summed E-state index contributed by atoms with van der Waals surface area (Å²) in [6.07, 6.45) is 1.21. The van der Waals surface area contributed by atoms with Crippen molar-refractivity contribution in [2.45, 2.75) is 19.3 Å². The third kappa shape index (κ3) is 4.54. The fraction of sp³-hybridized carbons (Fsp3) is 0.214. The molecule has 2 N–H and O–H groups in total. The number of nitrogens with one attached hydrogen (secondary N) is 1. The van der Waals surface area contributed by atoms with Gasteiger partial charge < -0.3 is 5.11 Å². The number of hydrogen-bond donors (Lipinski definition) is 2. The number of rotatable bonds is 6. The first kappa shape index (κ1) is 15.5. The van der Waals surface area contributed by atoms with Crippen molar-refractivity contribution in [3.8, 4) is 0 Å². The molecule has 0 fully saturated rings. The number of aliphatic carboxylic acids is 1. The molecule has 2 aromatic rings. The third-order valence-electron chi connectivity index (χ3n) is 2.71. The van der Waals surface area contributed by atoms with Crippen molar-refractivity contribution in [3.05, 3.63) is 45.9 Å². The summed E-state index contributed by atoms with van der Waals surface area (Å²) < 4.78 is 0. The van der Waals surface area contributed by atoms with Gasteiger partial charge in [0.05, 0.1) is 16.3 Å². The fourth-order valence-corrected chi connectivity index (χ4v) is 2.67. The molecule has 5 nitrogen and oxygen atoms in total. The number of carbonyl (C=O) groups excluding carboxylic acids is 1. The summed E-state index contributed by atoms with van der Waals surface area (Å²) in [6.45, 7) is 0. The molecule has 0 spiro atoms. The Morgan fingerprint density at radius 1 is 1.33 bits per heavy atom. The molecule has 0 unspecified atom stereocenters. The molecule has 1 aromatic carbocycles. The SMILES string of the molecule is O=C(O)CCCc1csc(NC(=O)c2ccccc2Cl)n1. The molecule has 0 atom stereocenters. The van der Waals surface area contributed by atoms with E-state index in [0.717, 1.165) is 5.69 Å². The Hall–Kier alpha value is -1.92. The zero-order valence-electron chi connectivity index (χ0n) is 11.0. The Kier molecular flexibility index (Phi) is 5.30. The van der Waals surface area contributed by atoms with Crippen molar-refractivity contribution in [2.75, 3.05) is 5.32 Å². The van der Waals surface area contributed by atoms with Gasteiger partial charge in [0.1, 0.15) is 0 Å². The monoisotopic (exact) mass is 324 g/mol. The number of carbonyl (C=O) groups is 2. The quantitative estimate of drug-likeness (QED) is 0.852. The van der Waals surface area contributed by atoms with Crippen molar-refractivity contribution >= 4 is 39.9 Å². The van der Waals surface area contributed by atoms with Crippen molar-refractivity contribution in [2.24, 2.45) is 0 Å². The highest BCUT2D eigenvalue weighted by atomic mass is 35.5. The highest BCUT2D eigenvalue weighted by molar-refractivity contribution is 7.14. The molecule has 1 heterocycles. The lowest BCUT2D eigenvalue weighted by molar-refractivity contribution is -0.137. The number of aromatic nitrogens is 1. The predicted molar refractivity (Wildman–Crippen MR) is 82.1 cm³/mol. The van der Waals surface area contributed by atoms with Gasteiger partial charge in [0.2, 0.25) is 0 Å². The van der Waals surface area contributed by atoms with Crippen molar-refractivity contribution in [1.29, 1.82) is 0 Å². The van der Waals surface area contributed by atoms with Crippen LogP contribution in [0.1, 0.15) is 28.9 Å². The lowest BCUT2D eigenvalue weighted by atomic mass is 10.2. The Balaban J connectivity index is 1.95. The van der Waals surface area contributed by atoms with Gasteiger partial charge in [-0.1, -0.05) is 23.7 Å². The minimum atomic E-state index is -0.822. The van der Waals surface area contributed by atoms with Crippen molar-refractivity contribution in [1.82, 2.24) is 4.98 Å². The number of carboxylic acid groups (broad SMARTS) is 1. The molecule has 7 heteroatoms. The predicted octanol–water partition coefficient (Wildman–Crippen LogP) is 3.46. The van der Waals surface area contributed by atoms with E-state index >= 15 is 0 Å². The Bertz CT molecular complexity index is 657. The van der Waals surface area contributed by atoms with Gasteiger partial charge in [-0.3, -0.25) is 14.9 Å². The van der Waals surface area contributed by atoms with Crippen LogP contribution in [-0.2, 0) is 11.2 Å². The maximum atomic E-state index is 12.0. The van der Waals surface area contributed by atoms with Gasteiger partial charge in [0, 0.05) is 11.8 Å². The number of halogens is 1. The number of thiazole rings is 1. The van der Waals surface area contributed by atoms with E-state index in [4.69, 9.17) is 16.7 Å². The molecule has 21 heavy (non-hydrogen) atoms. The van der Waals surface area contributed by atoms with Gasteiger partial charge in [0.25, 0.3) is 5.91 Å². The second-order valence-electron chi connectivity index (χ2n) is 4.33. The lowest BCUT2D eigenvalue weighted by Crippen LogP contribution is -2.12. The van der Waals surface area contributed by atoms with E-state index in [0.29, 0.717) is 28.6 Å². The van der Waals surface area contributed by atoms with Crippen LogP contribution in [0.3, 0.4) is 0 Å². The fourth-order valence-electron chi connectivity index (χ4n) is 1.71. The van der Waals surface area contributed by atoms with Crippen LogP contribution in [0, 0.1) is 0 Å². The average molecular weight is 325 g/mol. The summed E-state index contributed by atoms with van der Waals surface area (Å²) in [7, 11) is 0. The highest BCUT2D eigenvalue weighted by Gasteiger charge is 2.12. The van der Waals surface area contributed by atoms with Gasteiger partial charge in [-0.25, -0.2) is 4.98 Å². The second-order valence-corrected chi connectivity index (χ2v) is 5.59. The summed E-state index contributed by atoms with van der Waals surface area (Å²) in [4.78, 5) is 26.7. The highest BCUT2D eigenvalue weighted by Crippen LogP contribution is 2.20. The van der Waals surface area contributed by atoms with Gasteiger partial charge in [-0.2, -0.15) is 0 Å². The van der Waals surface area contributed by atoms with E-state index in [1.807, 2.05) is 5.38 Å². The largest absolute Gasteiger partial charge is 0.481 e. The van der Waals surface area contributed by atoms with E-state index in [9.17, 15) is 9.59 Å². The molecular formula is C14H13ClN2O3S. The number of amides is 1. The minimum absolute atomic E-state index is 0.110. The summed E-state index contributed by atoms with van der Waals surface area (Å²) in [5, 5.41) is 13.9. The molecular weight excluding hydrogens is 312 g/mol. The molecule has 110 valence electrons. The maximum absolute atomic E-state index is 12.0. The zero-order valence-corrected chi connectivity index (χ0v) is 12.6. The number of nitrogens with zero attached hydrogens (tertiary/aromatic N) is 1. The smallest absolute Gasteiger partial charge is 0.303 e. The molecule has 2 rings (SSSR count). The minimum Gasteiger partial charge on any atom is -0.481 e. The number of benzene rings is 1. The van der Waals surface area contributed by atoms with Crippen LogP contribution < -0.4 is 5.32 Å².